The van der Waals surface area contributed by atoms with Crippen LogP contribution in [0.3, 0.4) is 0 Å². The number of H-pyrrole nitrogens is 1. The lowest BCUT2D eigenvalue weighted by Gasteiger charge is -2.27. The number of phosphoric ester groups is 1. The van der Waals surface area contributed by atoms with Crippen LogP contribution in [0.15, 0.2) is 46.1 Å². The molecule has 4 rings (SSSR count). The summed E-state index contributed by atoms with van der Waals surface area (Å²) in [6.07, 6.45) is 3.70. The summed E-state index contributed by atoms with van der Waals surface area (Å²) in [6.45, 7) is 6.93. The Morgan fingerprint density at radius 1 is 1.25 bits per heavy atom. The van der Waals surface area contributed by atoms with Crippen molar-refractivity contribution in [3.05, 3.63) is 74.1 Å². The number of fused-ring (bicyclic) bond motifs is 1. The van der Waals surface area contributed by atoms with Crippen LogP contribution in [0.5, 0.6) is 5.75 Å². The van der Waals surface area contributed by atoms with Crippen LogP contribution < -0.4 is 15.8 Å². The normalized spacial score (nSPS) is 23.2. The van der Waals surface area contributed by atoms with E-state index < -0.39 is 36.8 Å². The molecular formula is C24H29N2O9P. The lowest BCUT2D eigenvalue weighted by atomic mass is 9.97. The van der Waals surface area contributed by atoms with Crippen molar-refractivity contribution in [2.24, 2.45) is 5.41 Å². The highest BCUT2D eigenvalue weighted by molar-refractivity contribution is 7.49. The number of para-hydroxylation sites is 1. The Morgan fingerprint density at radius 3 is 2.78 bits per heavy atom. The first-order valence-electron chi connectivity index (χ1n) is 11.5. The molecule has 0 fully saturated rings. The minimum Gasteiger partial charge on any atom is -0.465 e. The van der Waals surface area contributed by atoms with E-state index in [2.05, 4.69) is 4.98 Å². The Hall–Kier alpha value is -2.98. The van der Waals surface area contributed by atoms with Crippen molar-refractivity contribution in [2.45, 2.75) is 53.1 Å². The zero-order valence-corrected chi connectivity index (χ0v) is 21.4. The third-order valence-corrected chi connectivity index (χ3v) is 6.91. The van der Waals surface area contributed by atoms with Crippen molar-refractivity contribution >= 4 is 13.8 Å². The fourth-order valence-corrected chi connectivity index (χ4v) is 4.83. The van der Waals surface area contributed by atoms with Crippen LogP contribution in [0.25, 0.3) is 0 Å². The molecule has 0 saturated carbocycles. The number of phosphoric acid groups is 1. The van der Waals surface area contributed by atoms with E-state index in [0.717, 1.165) is 0 Å². The molecule has 1 aromatic heterocycles. The van der Waals surface area contributed by atoms with Gasteiger partial charge < -0.3 is 14.0 Å². The first-order valence-corrected chi connectivity index (χ1v) is 12.9. The van der Waals surface area contributed by atoms with E-state index in [-0.39, 0.29) is 25.8 Å². The van der Waals surface area contributed by atoms with Crippen LogP contribution in [0.1, 0.15) is 43.7 Å². The van der Waals surface area contributed by atoms with E-state index in [1.807, 2.05) is 6.07 Å². The van der Waals surface area contributed by atoms with E-state index in [1.165, 1.54) is 10.8 Å². The van der Waals surface area contributed by atoms with Gasteiger partial charge in [0.2, 0.25) is 0 Å². The van der Waals surface area contributed by atoms with Gasteiger partial charge in [0.05, 0.1) is 25.2 Å². The highest BCUT2D eigenvalue weighted by Crippen LogP contribution is 2.55. The molecule has 0 amide bonds. The Morgan fingerprint density at radius 2 is 2.03 bits per heavy atom. The highest BCUT2D eigenvalue weighted by Gasteiger charge is 2.37. The molecule has 2 aromatic rings. The number of aryl methyl sites for hydroxylation is 1. The maximum atomic E-state index is 13.2. The first kappa shape index (κ1) is 26.1. The fourth-order valence-electron chi connectivity index (χ4n) is 3.57. The molecule has 0 aliphatic carbocycles. The monoisotopic (exact) mass is 520 g/mol. The number of carbonyl (C=O) groups is 1. The Balaban J connectivity index is 1.36. The molecule has 1 unspecified atom stereocenters. The molecule has 0 radical (unpaired) electrons. The molecule has 12 heteroatoms. The van der Waals surface area contributed by atoms with E-state index in [1.54, 1.807) is 52.0 Å². The van der Waals surface area contributed by atoms with E-state index in [4.69, 9.17) is 23.0 Å². The number of ether oxygens (including phenoxy) is 2. The van der Waals surface area contributed by atoms with Gasteiger partial charge in [-0.1, -0.05) is 24.3 Å². The molecule has 3 atom stereocenters. The molecule has 0 spiro atoms. The number of hydrogen-bond donors (Lipinski definition) is 1. The van der Waals surface area contributed by atoms with Crippen molar-refractivity contribution < 1.29 is 32.4 Å². The van der Waals surface area contributed by atoms with Crippen LogP contribution in [0.2, 0.25) is 0 Å². The summed E-state index contributed by atoms with van der Waals surface area (Å²) in [5.41, 5.74) is 0.105. The van der Waals surface area contributed by atoms with E-state index in [9.17, 15) is 18.9 Å². The molecule has 11 nitrogen and oxygen atoms in total. The van der Waals surface area contributed by atoms with Gasteiger partial charge in [-0.05, 0) is 39.3 Å². The summed E-state index contributed by atoms with van der Waals surface area (Å²) in [7, 11) is -3.96. The fraction of sp³-hybridized carbons (Fsp3) is 0.458. The molecule has 0 bridgehead atoms. The quantitative estimate of drug-likeness (QED) is 0.332. The summed E-state index contributed by atoms with van der Waals surface area (Å²) >= 11 is 0. The van der Waals surface area contributed by atoms with Crippen molar-refractivity contribution in [1.82, 2.24) is 9.55 Å². The zero-order valence-electron chi connectivity index (χ0n) is 20.5. The number of esters is 1. The number of nitrogens with one attached hydrogen (secondary N) is 1. The minimum atomic E-state index is -3.96. The van der Waals surface area contributed by atoms with Crippen LogP contribution >= 0.6 is 7.82 Å². The van der Waals surface area contributed by atoms with Crippen LogP contribution in [0.4, 0.5) is 0 Å². The summed E-state index contributed by atoms with van der Waals surface area (Å²) in [6, 6.07) is 5.42. The van der Waals surface area contributed by atoms with Gasteiger partial charge in [0, 0.05) is 23.7 Å². The van der Waals surface area contributed by atoms with Crippen molar-refractivity contribution in [2.75, 3.05) is 13.2 Å². The van der Waals surface area contributed by atoms with Gasteiger partial charge in [0.1, 0.15) is 11.9 Å². The first-order chi connectivity index (χ1) is 16.9. The Labute approximate surface area is 207 Å². The van der Waals surface area contributed by atoms with Crippen molar-refractivity contribution in [1.29, 1.82) is 0 Å². The summed E-state index contributed by atoms with van der Waals surface area (Å²) in [5, 5.41) is 0. The maximum Gasteiger partial charge on any atom is 0.530 e. The lowest BCUT2D eigenvalue weighted by molar-refractivity contribution is -0.152. The molecule has 2 aliphatic rings. The molecule has 1 aromatic carbocycles. The van der Waals surface area contributed by atoms with Gasteiger partial charge in [-0.3, -0.25) is 28.2 Å². The molecule has 3 heterocycles. The largest absolute Gasteiger partial charge is 0.530 e. The van der Waals surface area contributed by atoms with E-state index >= 15 is 0 Å². The summed E-state index contributed by atoms with van der Waals surface area (Å²) in [4.78, 5) is 38.0. The van der Waals surface area contributed by atoms with Gasteiger partial charge in [-0.25, -0.2) is 9.36 Å². The minimum absolute atomic E-state index is 0.0261. The standard InChI is InChI=1S/C24H29N2O9P/c1-15-12-26(23(29)25-21(15)27)19-9-8-18(34-19)14-33-36(30)32-13-17-7-5-6-16(20(17)35-36)10-11-31-22(28)24(2,3)4/h5-9,12,18-19H,10-11,13-14H2,1-4H3,(H,25,27,29)/t18-,19+,36?/m0/s1. The molecule has 2 aliphatic heterocycles. The number of aromatic amines is 1. The van der Waals surface area contributed by atoms with Gasteiger partial charge in [0.15, 0.2) is 6.23 Å². The number of benzene rings is 1. The second kappa shape index (κ2) is 10.2. The van der Waals surface area contributed by atoms with Crippen LogP contribution in [-0.2, 0) is 40.9 Å². The number of carbonyl (C=O) groups excluding carboxylic acids is 1. The average molecular weight is 520 g/mol. The number of hydrogen-bond acceptors (Lipinski definition) is 9. The predicted octanol–water partition coefficient (Wildman–Crippen LogP) is 3.16. The van der Waals surface area contributed by atoms with Gasteiger partial charge in [-0.2, -0.15) is 0 Å². The SMILES string of the molecule is Cc1cn([C@H]2C=C[C@@H](COP3(=O)OCc4cccc(CCOC(=O)C(C)(C)C)c4O3)O2)c(=O)[nH]c1=O. The predicted molar refractivity (Wildman–Crippen MR) is 129 cm³/mol. The van der Waals surface area contributed by atoms with Gasteiger partial charge in [-0.15, -0.1) is 0 Å². The van der Waals surface area contributed by atoms with Gasteiger partial charge in [0.25, 0.3) is 5.56 Å². The second-order valence-corrected chi connectivity index (χ2v) is 11.2. The van der Waals surface area contributed by atoms with Crippen LogP contribution in [-0.4, -0.2) is 34.8 Å². The number of rotatable bonds is 7. The van der Waals surface area contributed by atoms with E-state index in [0.29, 0.717) is 28.9 Å². The molecule has 194 valence electrons. The molecular weight excluding hydrogens is 491 g/mol. The second-order valence-electron chi connectivity index (χ2n) is 9.58. The van der Waals surface area contributed by atoms with Gasteiger partial charge >= 0.3 is 19.5 Å². The van der Waals surface area contributed by atoms with Crippen molar-refractivity contribution in [3.8, 4) is 5.75 Å². The molecule has 0 saturated heterocycles. The summed E-state index contributed by atoms with van der Waals surface area (Å²) in [5.74, 6) is 0.0719. The third kappa shape index (κ3) is 5.87. The smallest absolute Gasteiger partial charge is 0.465 e. The van der Waals surface area contributed by atoms with Crippen molar-refractivity contribution in [3.63, 3.8) is 0 Å². The highest BCUT2D eigenvalue weighted by atomic mass is 31.2. The Bertz CT molecular complexity index is 1340. The molecule has 36 heavy (non-hydrogen) atoms. The third-order valence-electron chi connectivity index (χ3n) is 5.60. The number of nitrogens with zero attached hydrogens (tertiary/aromatic N) is 1. The topological polar surface area (TPSA) is 135 Å². The number of aromatic nitrogens is 2. The Kier molecular flexibility index (Phi) is 7.38. The maximum absolute atomic E-state index is 13.2. The summed E-state index contributed by atoms with van der Waals surface area (Å²) < 4.78 is 42.2. The lowest BCUT2D eigenvalue weighted by Crippen LogP contribution is -2.33. The average Bonchev–Trinajstić information content (AvgIpc) is 3.29. The van der Waals surface area contributed by atoms with Crippen LogP contribution in [0, 0.1) is 12.3 Å². The zero-order chi connectivity index (χ0) is 26.1. The molecule has 1 N–H and O–H groups in total.